The molecule has 0 unspecified atom stereocenters. The molecule has 1 amide bonds. The maximum Gasteiger partial charge on any atom is 0.251 e. The first-order valence-electron chi connectivity index (χ1n) is 9.30. The SMILES string of the molecule is CCCCOc1ccc(C(=O)N[C@H]2CCc3cc(C=O)ccc3C2)cc1. The molecule has 4 nitrogen and oxygen atoms in total. The number of rotatable bonds is 7. The van der Waals surface area contributed by atoms with E-state index in [0.717, 1.165) is 44.1 Å². The first kappa shape index (κ1) is 18.2. The lowest BCUT2D eigenvalue weighted by molar-refractivity contribution is 0.0933. The number of carbonyl (C=O) groups is 2. The molecule has 26 heavy (non-hydrogen) atoms. The monoisotopic (exact) mass is 351 g/mol. The Morgan fingerprint density at radius 1 is 1.19 bits per heavy atom. The molecule has 4 heteroatoms. The van der Waals surface area contributed by atoms with Gasteiger partial charge in [-0.3, -0.25) is 9.59 Å². The highest BCUT2D eigenvalue weighted by atomic mass is 16.5. The van der Waals surface area contributed by atoms with Crippen molar-refractivity contribution in [2.24, 2.45) is 0 Å². The van der Waals surface area contributed by atoms with Crippen LogP contribution in [0.5, 0.6) is 5.75 Å². The van der Waals surface area contributed by atoms with E-state index in [0.29, 0.717) is 17.7 Å². The summed E-state index contributed by atoms with van der Waals surface area (Å²) in [5.41, 5.74) is 3.79. The van der Waals surface area contributed by atoms with Crippen LogP contribution in [0.25, 0.3) is 0 Å². The summed E-state index contributed by atoms with van der Waals surface area (Å²) in [4.78, 5) is 23.4. The lowest BCUT2D eigenvalue weighted by Gasteiger charge is -2.25. The maximum absolute atomic E-state index is 12.5. The van der Waals surface area contributed by atoms with Gasteiger partial charge in [-0.15, -0.1) is 0 Å². The Bertz CT molecular complexity index is 767. The van der Waals surface area contributed by atoms with Crippen molar-refractivity contribution in [1.29, 1.82) is 0 Å². The van der Waals surface area contributed by atoms with E-state index in [4.69, 9.17) is 4.74 Å². The van der Waals surface area contributed by atoms with E-state index in [9.17, 15) is 9.59 Å². The quantitative estimate of drug-likeness (QED) is 0.607. The molecule has 0 saturated carbocycles. The van der Waals surface area contributed by atoms with Crippen LogP contribution in [-0.4, -0.2) is 24.8 Å². The fourth-order valence-corrected chi connectivity index (χ4v) is 3.28. The molecule has 1 N–H and O–H groups in total. The second-order valence-corrected chi connectivity index (χ2v) is 6.79. The van der Waals surface area contributed by atoms with Gasteiger partial charge in [-0.1, -0.05) is 25.5 Å². The molecule has 0 aliphatic heterocycles. The number of benzene rings is 2. The van der Waals surface area contributed by atoms with Gasteiger partial charge in [0.05, 0.1) is 6.61 Å². The molecule has 2 aromatic carbocycles. The number of ether oxygens (including phenoxy) is 1. The normalized spacial score (nSPS) is 15.8. The summed E-state index contributed by atoms with van der Waals surface area (Å²) in [6.45, 7) is 2.83. The van der Waals surface area contributed by atoms with Crippen molar-refractivity contribution in [3.8, 4) is 5.75 Å². The van der Waals surface area contributed by atoms with E-state index in [1.807, 2.05) is 42.5 Å². The van der Waals surface area contributed by atoms with E-state index in [-0.39, 0.29) is 11.9 Å². The number of hydrogen-bond acceptors (Lipinski definition) is 3. The largest absolute Gasteiger partial charge is 0.494 e. The molecule has 0 fully saturated rings. The van der Waals surface area contributed by atoms with Gasteiger partial charge >= 0.3 is 0 Å². The minimum atomic E-state index is -0.0527. The highest BCUT2D eigenvalue weighted by Crippen LogP contribution is 2.23. The molecule has 0 spiro atoms. The van der Waals surface area contributed by atoms with E-state index in [1.165, 1.54) is 11.1 Å². The number of unbranched alkanes of at least 4 members (excludes halogenated alkanes) is 1. The molecule has 1 aliphatic carbocycles. The van der Waals surface area contributed by atoms with Crippen molar-refractivity contribution in [3.05, 3.63) is 64.7 Å². The van der Waals surface area contributed by atoms with Gasteiger partial charge < -0.3 is 10.1 Å². The van der Waals surface area contributed by atoms with Gasteiger partial charge in [0, 0.05) is 17.2 Å². The fraction of sp³-hybridized carbons (Fsp3) is 0.364. The Hall–Kier alpha value is -2.62. The number of aryl methyl sites for hydroxylation is 1. The Kier molecular flexibility index (Phi) is 6.05. The van der Waals surface area contributed by atoms with Gasteiger partial charge in [-0.25, -0.2) is 0 Å². The molecule has 136 valence electrons. The molecule has 0 radical (unpaired) electrons. The minimum absolute atomic E-state index is 0.0527. The summed E-state index contributed by atoms with van der Waals surface area (Å²) in [6.07, 6.45) is 5.58. The topological polar surface area (TPSA) is 55.4 Å². The molecule has 0 aromatic heterocycles. The third kappa shape index (κ3) is 4.51. The minimum Gasteiger partial charge on any atom is -0.494 e. The first-order valence-corrected chi connectivity index (χ1v) is 9.30. The summed E-state index contributed by atoms with van der Waals surface area (Å²) in [5, 5.41) is 3.13. The summed E-state index contributed by atoms with van der Waals surface area (Å²) in [5.74, 6) is 0.746. The van der Waals surface area contributed by atoms with Crippen LogP contribution in [0, 0.1) is 0 Å². The molecule has 1 atom stereocenters. The van der Waals surface area contributed by atoms with Crippen molar-refractivity contribution < 1.29 is 14.3 Å². The Morgan fingerprint density at radius 2 is 2.00 bits per heavy atom. The Morgan fingerprint density at radius 3 is 2.73 bits per heavy atom. The molecule has 1 aliphatic rings. The molecular formula is C22H25NO3. The summed E-state index contributed by atoms with van der Waals surface area (Å²) in [7, 11) is 0. The third-order valence-corrected chi connectivity index (χ3v) is 4.81. The Balaban J connectivity index is 1.57. The number of hydrogen-bond donors (Lipinski definition) is 1. The molecule has 2 aromatic rings. The highest BCUT2D eigenvalue weighted by Gasteiger charge is 2.21. The second kappa shape index (κ2) is 8.65. The number of nitrogens with one attached hydrogen (secondary N) is 1. The van der Waals surface area contributed by atoms with Gasteiger partial charge in [0.25, 0.3) is 5.91 Å². The predicted octanol–water partition coefficient (Wildman–Crippen LogP) is 3.97. The number of amides is 1. The smallest absolute Gasteiger partial charge is 0.251 e. The number of aldehydes is 1. The van der Waals surface area contributed by atoms with Crippen molar-refractivity contribution >= 4 is 12.2 Å². The maximum atomic E-state index is 12.5. The van der Waals surface area contributed by atoms with E-state index < -0.39 is 0 Å². The summed E-state index contributed by atoms with van der Waals surface area (Å²) >= 11 is 0. The van der Waals surface area contributed by atoms with E-state index >= 15 is 0 Å². The average Bonchev–Trinajstić information content (AvgIpc) is 2.68. The van der Waals surface area contributed by atoms with Crippen LogP contribution in [0.1, 0.15) is 58.0 Å². The van der Waals surface area contributed by atoms with Crippen molar-refractivity contribution in [2.75, 3.05) is 6.61 Å². The molecule has 0 bridgehead atoms. The van der Waals surface area contributed by atoms with Crippen molar-refractivity contribution in [1.82, 2.24) is 5.32 Å². The van der Waals surface area contributed by atoms with Crippen LogP contribution in [0.3, 0.4) is 0 Å². The first-order chi connectivity index (χ1) is 12.7. The van der Waals surface area contributed by atoms with Gasteiger partial charge in [0.15, 0.2) is 0 Å². The summed E-state index contributed by atoms with van der Waals surface area (Å²) < 4.78 is 5.63. The number of carbonyl (C=O) groups excluding carboxylic acids is 2. The van der Waals surface area contributed by atoms with Crippen LogP contribution in [0.4, 0.5) is 0 Å². The zero-order chi connectivity index (χ0) is 18.4. The lowest BCUT2D eigenvalue weighted by atomic mass is 9.87. The standard InChI is InChI=1S/C22H25NO3/c1-2-3-12-26-21-10-7-17(8-11-21)22(25)23-20-9-6-18-13-16(15-24)4-5-19(18)14-20/h4-5,7-8,10-11,13,15,20H,2-3,6,9,12,14H2,1H3,(H,23,25)/t20-/m0/s1. The third-order valence-electron chi connectivity index (χ3n) is 4.81. The van der Waals surface area contributed by atoms with Crippen LogP contribution < -0.4 is 10.1 Å². The van der Waals surface area contributed by atoms with Crippen LogP contribution in [0.2, 0.25) is 0 Å². The van der Waals surface area contributed by atoms with Crippen molar-refractivity contribution in [3.63, 3.8) is 0 Å². The van der Waals surface area contributed by atoms with Gasteiger partial charge in [-0.05, 0) is 67.1 Å². The van der Waals surface area contributed by atoms with E-state index in [1.54, 1.807) is 0 Å². The zero-order valence-electron chi connectivity index (χ0n) is 15.2. The fourth-order valence-electron chi connectivity index (χ4n) is 3.28. The predicted molar refractivity (Wildman–Crippen MR) is 102 cm³/mol. The van der Waals surface area contributed by atoms with Gasteiger partial charge in [0.1, 0.15) is 12.0 Å². The zero-order valence-corrected chi connectivity index (χ0v) is 15.2. The number of fused-ring (bicyclic) bond motifs is 1. The molecule has 0 saturated heterocycles. The van der Waals surface area contributed by atoms with Gasteiger partial charge in [0.2, 0.25) is 0 Å². The van der Waals surface area contributed by atoms with Crippen molar-refractivity contribution in [2.45, 2.75) is 45.1 Å². The van der Waals surface area contributed by atoms with Gasteiger partial charge in [-0.2, -0.15) is 0 Å². The van der Waals surface area contributed by atoms with Crippen LogP contribution in [0.15, 0.2) is 42.5 Å². The molecular weight excluding hydrogens is 326 g/mol. The van der Waals surface area contributed by atoms with Crippen LogP contribution >= 0.6 is 0 Å². The van der Waals surface area contributed by atoms with Crippen LogP contribution in [-0.2, 0) is 12.8 Å². The second-order valence-electron chi connectivity index (χ2n) is 6.79. The average molecular weight is 351 g/mol. The van der Waals surface area contributed by atoms with E-state index in [2.05, 4.69) is 12.2 Å². The lowest BCUT2D eigenvalue weighted by Crippen LogP contribution is -2.38. The Labute approximate surface area is 154 Å². The highest BCUT2D eigenvalue weighted by molar-refractivity contribution is 5.94. The molecule has 3 rings (SSSR count). The molecule has 0 heterocycles. The summed E-state index contributed by atoms with van der Waals surface area (Å²) in [6, 6.07) is 13.2.